The molecule has 0 bridgehead atoms. The minimum absolute atomic E-state index is 0.0939. The summed E-state index contributed by atoms with van der Waals surface area (Å²) in [4.78, 5) is 0. The van der Waals surface area contributed by atoms with Gasteiger partial charge in [0.15, 0.2) is 11.5 Å². The maximum atomic E-state index is 10.9. The molecule has 4 heteroatoms. The maximum Gasteiger partial charge on any atom is 0.161 e. The van der Waals surface area contributed by atoms with Gasteiger partial charge in [0.25, 0.3) is 0 Å². The second-order valence-corrected chi connectivity index (χ2v) is 4.79. The number of hydrogen-bond acceptors (Lipinski definition) is 4. The Bertz CT molecular complexity index is 600. The van der Waals surface area contributed by atoms with E-state index in [-0.39, 0.29) is 6.54 Å². The quantitative estimate of drug-likeness (QED) is 0.891. The molecule has 0 saturated carbocycles. The van der Waals surface area contributed by atoms with Gasteiger partial charge in [0, 0.05) is 6.54 Å². The van der Waals surface area contributed by atoms with Crippen LogP contribution in [0, 0.1) is 0 Å². The molecule has 1 unspecified atom stereocenters. The van der Waals surface area contributed by atoms with Crippen LogP contribution in [-0.2, 0) is 5.60 Å². The fourth-order valence-corrected chi connectivity index (χ4v) is 2.42. The average molecular weight is 271 g/mol. The van der Waals surface area contributed by atoms with Crippen LogP contribution in [0.3, 0.4) is 0 Å². The van der Waals surface area contributed by atoms with Crippen LogP contribution in [-0.4, -0.2) is 24.9 Å². The summed E-state index contributed by atoms with van der Waals surface area (Å²) < 4.78 is 11.1. The second kappa shape index (κ2) is 5.15. The Morgan fingerprint density at radius 3 is 2.35 bits per heavy atom. The van der Waals surface area contributed by atoms with Gasteiger partial charge in [-0.3, -0.25) is 0 Å². The minimum Gasteiger partial charge on any atom is -0.486 e. The lowest BCUT2D eigenvalue weighted by Crippen LogP contribution is -2.36. The number of nitrogens with two attached hydrogens (primary N) is 1. The first-order valence-electron chi connectivity index (χ1n) is 6.62. The van der Waals surface area contributed by atoms with Crippen molar-refractivity contribution >= 4 is 0 Å². The Morgan fingerprint density at radius 2 is 1.65 bits per heavy atom. The van der Waals surface area contributed by atoms with Crippen molar-refractivity contribution < 1.29 is 14.6 Å². The van der Waals surface area contributed by atoms with Crippen LogP contribution in [0.1, 0.15) is 11.1 Å². The Hall–Kier alpha value is -2.04. The zero-order chi connectivity index (χ0) is 14.0. The van der Waals surface area contributed by atoms with Crippen LogP contribution < -0.4 is 15.2 Å². The summed E-state index contributed by atoms with van der Waals surface area (Å²) in [6.45, 7) is 1.16. The highest BCUT2D eigenvalue weighted by Gasteiger charge is 2.31. The lowest BCUT2D eigenvalue weighted by molar-refractivity contribution is 0.0891. The van der Waals surface area contributed by atoms with Crippen molar-refractivity contribution in [3.05, 3.63) is 59.7 Å². The largest absolute Gasteiger partial charge is 0.486 e. The molecule has 4 nitrogen and oxygen atoms in total. The number of ether oxygens (including phenoxy) is 2. The van der Waals surface area contributed by atoms with Crippen LogP contribution in [0.25, 0.3) is 0 Å². The highest BCUT2D eigenvalue weighted by molar-refractivity contribution is 5.48. The molecule has 0 spiro atoms. The highest BCUT2D eigenvalue weighted by Crippen LogP contribution is 2.36. The van der Waals surface area contributed by atoms with Gasteiger partial charge >= 0.3 is 0 Å². The smallest absolute Gasteiger partial charge is 0.161 e. The van der Waals surface area contributed by atoms with Crippen LogP contribution in [0.5, 0.6) is 11.5 Å². The predicted octanol–water partition coefficient (Wildman–Crippen LogP) is 1.65. The van der Waals surface area contributed by atoms with E-state index in [1.54, 1.807) is 6.07 Å². The van der Waals surface area contributed by atoms with Gasteiger partial charge in [-0.2, -0.15) is 0 Å². The molecule has 2 aromatic rings. The second-order valence-electron chi connectivity index (χ2n) is 4.79. The Labute approximate surface area is 117 Å². The minimum atomic E-state index is -1.23. The molecule has 1 aliphatic rings. The first kappa shape index (κ1) is 13.0. The van der Waals surface area contributed by atoms with E-state index in [9.17, 15) is 5.11 Å². The maximum absolute atomic E-state index is 10.9. The molecule has 0 aromatic heterocycles. The summed E-state index contributed by atoms with van der Waals surface area (Å²) in [5, 5.41) is 10.9. The summed E-state index contributed by atoms with van der Waals surface area (Å²) in [5.41, 5.74) is 6.07. The van der Waals surface area contributed by atoms with Gasteiger partial charge in [0.05, 0.1) is 0 Å². The average Bonchev–Trinajstić information content (AvgIpc) is 2.54. The molecule has 104 valence electrons. The standard InChI is InChI=1S/C16H17NO3/c17-11-16(18,12-4-2-1-3-5-12)13-6-7-14-15(10-13)20-9-8-19-14/h1-7,10,18H,8-9,11,17H2. The molecule has 0 aliphatic carbocycles. The fraction of sp³-hybridized carbons (Fsp3) is 0.250. The molecule has 0 saturated heterocycles. The van der Waals surface area contributed by atoms with Crippen LogP contribution in [0.2, 0.25) is 0 Å². The molecule has 0 fully saturated rings. The van der Waals surface area contributed by atoms with E-state index in [1.165, 1.54) is 0 Å². The van der Waals surface area contributed by atoms with Crippen molar-refractivity contribution in [2.75, 3.05) is 19.8 Å². The lowest BCUT2D eigenvalue weighted by atomic mass is 9.86. The van der Waals surface area contributed by atoms with Gasteiger partial charge in [0.2, 0.25) is 0 Å². The Morgan fingerprint density at radius 1 is 0.950 bits per heavy atom. The van der Waals surface area contributed by atoms with Crippen molar-refractivity contribution in [2.45, 2.75) is 5.60 Å². The van der Waals surface area contributed by atoms with Crippen LogP contribution >= 0.6 is 0 Å². The van der Waals surface area contributed by atoms with E-state index in [0.29, 0.717) is 30.3 Å². The van der Waals surface area contributed by atoms with Gasteiger partial charge in [0.1, 0.15) is 18.8 Å². The third kappa shape index (κ3) is 2.13. The molecule has 2 aromatic carbocycles. The van der Waals surface area contributed by atoms with Crippen molar-refractivity contribution in [1.29, 1.82) is 0 Å². The number of benzene rings is 2. The summed E-state index contributed by atoms with van der Waals surface area (Å²) in [5.74, 6) is 1.35. The number of hydrogen-bond donors (Lipinski definition) is 2. The van der Waals surface area contributed by atoms with Gasteiger partial charge < -0.3 is 20.3 Å². The Kier molecular flexibility index (Phi) is 3.34. The summed E-state index contributed by atoms with van der Waals surface area (Å²) in [6, 6.07) is 14.8. The predicted molar refractivity (Wildman–Crippen MR) is 75.9 cm³/mol. The molecule has 20 heavy (non-hydrogen) atoms. The Balaban J connectivity index is 2.05. The molecule has 3 rings (SSSR count). The monoisotopic (exact) mass is 271 g/mol. The highest BCUT2D eigenvalue weighted by atomic mass is 16.6. The number of rotatable bonds is 3. The molecule has 1 atom stereocenters. The van der Waals surface area contributed by atoms with E-state index in [4.69, 9.17) is 15.2 Å². The van der Waals surface area contributed by atoms with Crippen molar-refractivity contribution in [2.24, 2.45) is 5.73 Å². The van der Waals surface area contributed by atoms with Crippen LogP contribution in [0.4, 0.5) is 0 Å². The van der Waals surface area contributed by atoms with Gasteiger partial charge in [-0.1, -0.05) is 36.4 Å². The molecule has 0 radical (unpaired) electrons. The number of fused-ring (bicyclic) bond motifs is 1. The molecule has 3 N–H and O–H groups in total. The van der Waals surface area contributed by atoms with E-state index >= 15 is 0 Å². The fourth-order valence-electron chi connectivity index (χ4n) is 2.42. The zero-order valence-electron chi connectivity index (χ0n) is 11.1. The molecule has 1 aliphatic heterocycles. The van der Waals surface area contributed by atoms with Crippen LogP contribution in [0.15, 0.2) is 48.5 Å². The van der Waals surface area contributed by atoms with E-state index in [1.807, 2.05) is 42.5 Å². The van der Waals surface area contributed by atoms with Crippen molar-refractivity contribution in [3.63, 3.8) is 0 Å². The third-order valence-corrected chi connectivity index (χ3v) is 3.57. The first-order valence-corrected chi connectivity index (χ1v) is 6.62. The first-order chi connectivity index (χ1) is 9.74. The van der Waals surface area contributed by atoms with E-state index < -0.39 is 5.60 Å². The van der Waals surface area contributed by atoms with E-state index in [2.05, 4.69) is 0 Å². The summed E-state index contributed by atoms with van der Waals surface area (Å²) in [6.07, 6.45) is 0. The lowest BCUT2D eigenvalue weighted by Gasteiger charge is -2.29. The SMILES string of the molecule is NCC(O)(c1ccccc1)c1ccc2c(c1)OCCO2. The van der Waals surface area contributed by atoms with Crippen molar-refractivity contribution in [1.82, 2.24) is 0 Å². The zero-order valence-corrected chi connectivity index (χ0v) is 11.1. The van der Waals surface area contributed by atoms with Gasteiger partial charge in [-0.05, 0) is 23.3 Å². The van der Waals surface area contributed by atoms with Gasteiger partial charge in [-0.25, -0.2) is 0 Å². The van der Waals surface area contributed by atoms with Crippen molar-refractivity contribution in [3.8, 4) is 11.5 Å². The summed E-state index contributed by atoms with van der Waals surface area (Å²) >= 11 is 0. The molecular weight excluding hydrogens is 254 g/mol. The molecular formula is C16H17NO3. The normalized spacial score (nSPS) is 16.5. The molecule has 1 heterocycles. The topological polar surface area (TPSA) is 64.7 Å². The number of aliphatic hydroxyl groups is 1. The molecule has 0 amide bonds. The summed E-state index contributed by atoms with van der Waals surface area (Å²) in [7, 11) is 0. The van der Waals surface area contributed by atoms with Gasteiger partial charge in [-0.15, -0.1) is 0 Å². The van der Waals surface area contributed by atoms with E-state index in [0.717, 1.165) is 5.56 Å². The third-order valence-electron chi connectivity index (χ3n) is 3.57.